The van der Waals surface area contributed by atoms with Crippen molar-refractivity contribution in [3.8, 4) is 5.75 Å². The first-order valence-corrected chi connectivity index (χ1v) is 7.30. The zero-order valence-corrected chi connectivity index (χ0v) is 12.8. The highest BCUT2D eigenvalue weighted by molar-refractivity contribution is 5.91. The van der Waals surface area contributed by atoms with Crippen LogP contribution in [0, 0.1) is 0 Å². The summed E-state index contributed by atoms with van der Waals surface area (Å²) in [6.45, 7) is 1.88. The van der Waals surface area contributed by atoms with E-state index in [1.54, 1.807) is 24.3 Å². The highest BCUT2D eigenvalue weighted by atomic mass is 16.5. The number of benzene rings is 2. The van der Waals surface area contributed by atoms with Crippen LogP contribution >= 0.6 is 0 Å². The van der Waals surface area contributed by atoms with Crippen LogP contribution in [0.15, 0.2) is 54.6 Å². The third-order valence-corrected chi connectivity index (χ3v) is 3.05. The van der Waals surface area contributed by atoms with Gasteiger partial charge in [0.1, 0.15) is 5.75 Å². The van der Waals surface area contributed by atoms with Crippen LogP contribution in [0.3, 0.4) is 0 Å². The molecule has 0 saturated carbocycles. The molecule has 0 aliphatic carbocycles. The topological polar surface area (TPSA) is 79.5 Å². The number of urea groups is 1. The summed E-state index contributed by atoms with van der Waals surface area (Å²) in [7, 11) is 0. The summed E-state index contributed by atoms with van der Waals surface area (Å²) in [5.41, 5.74) is 6.35. The number of anilines is 1. The van der Waals surface area contributed by atoms with Crippen molar-refractivity contribution in [3.63, 3.8) is 0 Å². The smallest absolute Gasteiger partial charge is 0.337 e. The van der Waals surface area contributed by atoms with Crippen LogP contribution in [0.25, 0.3) is 0 Å². The largest absolute Gasteiger partial charge is 0.484 e. The van der Waals surface area contributed by atoms with E-state index in [1.807, 2.05) is 30.3 Å². The van der Waals surface area contributed by atoms with Crippen LogP contribution < -0.4 is 20.9 Å². The Morgan fingerprint density at radius 3 is 2.30 bits per heavy atom. The van der Waals surface area contributed by atoms with Crippen molar-refractivity contribution in [1.82, 2.24) is 10.9 Å². The van der Waals surface area contributed by atoms with Gasteiger partial charge in [0.2, 0.25) is 0 Å². The Labute approximate surface area is 134 Å². The van der Waals surface area contributed by atoms with Gasteiger partial charge in [-0.05, 0) is 36.2 Å². The monoisotopic (exact) mass is 313 g/mol. The standard InChI is InChI=1S/C17H19N3O3/c1-2-13-8-10-15(11-9-13)23-12-16(21)19-20-17(22)18-14-6-4-3-5-7-14/h3-11H,2,12H2,1H3,(H,19,21)(H2,18,20,22). The molecule has 23 heavy (non-hydrogen) atoms. The molecule has 0 atom stereocenters. The van der Waals surface area contributed by atoms with Gasteiger partial charge in [0.25, 0.3) is 5.91 Å². The lowest BCUT2D eigenvalue weighted by Crippen LogP contribution is -2.45. The molecule has 0 saturated heterocycles. The Bertz CT molecular complexity index is 642. The Hall–Kier alpha value is -3.02. The third kappa shape index (κ3) is 5.70. The third-order valence-electron chi connectivity index (χ3n) is 3.05. The normalized spacial score (nSPS) is 9.78. The van der Waals surface area contributed by atoms with Gasteiger partial charge in [0, 0.05) is 5.69 Å². The van der Waals surface area contributed by atoms with E-state index in [2.05, 4.69) is 23.1 Å². The molecule has 0 aromatic heterocycles. The second-order valence-corrected chi connectivity index (χ2v) is 4.78. The van der Waals surface area contributed by atoms with Crippen molar-refractivity contribution in [1.29, 1.82) is 0 Å². The Morgan fingerprint density at radius 1 is 0.957 bits per heavy atom. The van der Waals surface area contributed by atoms with E-state index in [1.165, 1.54) is 5.56 Å². The van der Waals surface area contributed by atoms with E-state index in [4.69, 9.17) is 4.74 Å². The van der Waals surface area contributed by atoms with Gasteiger partial charge in [0.05, 0.1) is 0 Å². The lowest BCUT2D eigenvalue weighted by atomic mass is 10.2. The summed E-state index contributed by atoms with van der Waals surface area (Å²) in [6, 6.07) is 15.9. The van der Waals surface area contributed by atoms with Crippen molar-refractivity contribution < 1.29 is 14.3 Å². The van der Waals surface area contributed by atoms with Gasteiger partial charge >= 0.3 is 6.03 Å². The predicted molar refractivity (Wildman–Crippen MR) is 88.1 cm³/mol. The molecule has 0 heterocycles. The molecule has 2 rings (SSSR count). The molecule has 0 fully saturated rings. The van der Waals surface area contributed by atoms with E-state index >= 15 is 0 Å². The molecule has 3 N–H and O–H groups in total. The van der Waals surface area contributed by atoms with Crippen LogP contribution in [0.2, 0.25) is 0 Å². The van der Waals surface area contributed by atoms with Gasteiger partial charge < -0.3 is 10.1 Å². The van der Waals surface area contributed by atoms with E-state index in [0.717, 1.165) is 6.42 Å². The molecule has 0 unspecified atom stereocenters. The summed E-state index contributed by atoms with van der Waals surface area (Å²) in [5, 5.41) is 2.58. The minimum atomic E-state index is -0.531. The Morgan fingerprint density at radius 2 is 1.65 bits per heavy atom. The van der Waals surface area contributed by atoms with Crippen molar-refractivity contribution in [2.45, 2.75) is 13.3 Å². The van der Waals surface area contributed by atoms with Crippen LogP contribution in [0.4, 0.5) is 10.5 Å². The molecule has 0 aliphatic rings. The second kappa shape index (κ2) is 8.43. The van der Waals surface area contributed by atoms with E-state index < -0.39 is 11.9 Å². The zero-order valence-electron chi connectivity index (χ0n) is 12.8. The highest BCUT2D eigenvalue weighted by Gasteiger charge is 2.05. The zero-order chi connectivity index (χ0) is 16.5. The number of amides is 3. The number of carbonyl (C=O) groups is 2. The molecule has 3 amide bonds. The fourth-order valence-electron chi connectivity index (χ4n) is 1.82. The number of hydrogen-bond donors (Lipinski definition) is 3. The molecular weight excluding hydrogens is 294 g/mol. The SMILES string of the molecule is CCc1ccc(OCC(=O)NNC(=O)Nc2ccccc2)cc1. The van der Waals surface area contributed by atoms with E-state index in [0.29, 0.717) is 11.4 Å². The van der Waals surface area contributed by atoms with Crippen molar-refractivity contribution in [3.05, 3.63) is 60.2 Å². The number of carbonyl (C=O) groups excluding carboxylic acids is 2. The first kappa shape index (κ1) is 16.4. The lowest BCUT2D eigenvalue weighted by molar-refractivity contribution is -0.123. The minimum Gasteiger partial charge on any atom is -0.484 e. The Kier molecular flexibility index (Phi) is 5.99. The molecule has 120 valence electrons. The number of nitrogens with one attached hydrogen (secondary N) is 3. The summed E-state index contributed by atoms with van der Waals surface area (Å²) < 4.78 is 5.33. The van der Waals surface area contributed by atoms with Crippen LogP contribution in [0.5, 0.6) is 5.75 Å². The number of rotatable bonds is 5. The highest BCUT2D eigenvalue weighted by Crippen LogP contribution is 2.12. The number of para-hydroxylation sites is 1. The quantitative estimate of drug-likeness (QED) is 0.742. The van der Waals surface area contributed by atoms with Crippen molar-refractivity contribution in [2.24, 2.45) is 0 Å². The van der Waals surface area contributed by atoms with Crippen molar-refractivity contribution >= 4 is 17.6 Å². The number of aryl methyl sites for hydroxylation is 1. The van der Waals surface area contributed by atoms with E-state index in [-0.39, 0.29) is 6.61 Å². The molecule has 6 nitrogen and oxygen atoms in total. The summed E-state index contributed by atoms with van der Waals surface area (Å²) in [5.74, 6) is 0.152. The average molecular weight is 313 g/mol. The molecule has 0 spiro atoms. The minimum absolute atomic E-state index is 0.183. The van der Waals surface area contributed by atoms with Gasteiger partial charge in [-0.1, -0.05) is 37.3 Å². The second-order valence-electron chi connectivity index (χ2n) is 4.78. The average Bonchev–Trinajstić information content (AvgIpc) is 2.59. The first-order valence-electron chi connectivity index (χ1n) is 7.30. The number of hydrazine groups is 1. The summed E-state index contributed by atoms with van der Waals surface area (Å²) in [6.07, 6.45) is 0.946. The van der Waals surface area contributed by atoms with Crippen LogP contribution in [-0.4, -0.2) is 18.5 Å². The lowest BCUT2D eigenvalue weighted by Gasteiger charge is -2.10. The number of ether oxygens (including phenoxy) is 1. The summed E-state index contributed by atoms with van der Waals surface area (Å²) in [4.78, 5) is 23.2. The molecule has 2 aromatic rings. The van der Waals surface area contributed by atoms with Crippen LogP contribution in [0.1, 0.15) is 12.5 Å². The van der Waals surface area contributed by atoms with Crippen LogP contribution in [-0.2, 0) is 11.2 Å². The molecule has 0 aliphatic heterocycles. The van der Waals surface area contributed by atoms with Gasteiger partial charge in [-0.3, -0.25) is 10.2 Å². The fraction of sp³-hybridized carbons (Fsp3) is 0.176. The molecule has 0 bridgehead atoms. The van der Waals surface area contributed by atoms with Gasteiger partial charge in [0.15, 0.2) is 6.61 Å². The van der Waals surface area contributed by atoms with Crippen molar-refractivity contribution in [2.75, 3.05) is 11.9 Å². The first-order chi connectivity index (χ1) is 11.2. The molecular formula is C17H19N3O3. The van der Waals surface area contributed by atoms with Gasteiger partial charge in [-0.25, -0.2) is 10.2 Å². The Balaban J connectivity index is 1.69. The molecule has 6 heteroatoms. The van der Waals surface area contributed by atoms with Gasteiger partial charge in [-0.2, -0.15) is 0 Å². The molecule has 0 radical (unpaired) electrons. The van der Waals surface area contributed by atoms with Gasteiger partial charge in [-0.15, -0.1) is 0 Å². The maximum atomic E-state index is 11.6. The maximum absolute atomic E-state index is 11.6. The predicted octanol–water partition coefficient (Wildman–Crippen LogP) is 2.48. The van der Waals surface area contributed by atoms with E-state index in [9.17, 15) is 9.59 Å². The fourth-order valence-corrected chi connectivity index (χ4v) is 1.82. The number of hydrogen-bond acceptors (Lipinski definition) is 3. The summed E-state index contributed by atoms with van der Waals surface area (Å²) >= 11 is 0. The maximum Gasteiger partial charge on any atom is 0.337 e. The molecule has 2 aromatic carbocycles.